The number of primary amides is 1. The standard InChI is InChI=1S/C31H38F2N8O2/c1-19-25(38-30(43)23-8-6-22(7-9-23)21-4-5-21)3-2-14-41(19)26-16-35-27(28(34)42)29(39-26)37-24-15-36-40(18-24)17-20-10-12-31(32,33)13-11-20/h6-9,15-16,18-21,25H,2-5,10-14,17H2,1H3,(H2,34,42)(H,37,39)(H,38,43)/t19-,25-/m1/s1. The van der Waals surface area contributed by atoms with Gasteiger partial charge < -0.3 is 21.3 Å². The zero-order chi connectivity index (χ0) is 30.1. The van der Waals surface area contributed by atoms with Gasteiger partial charge in [0.15, 0.2) is 11.5 Å². The lowest BCUT2D eigenvalue weighted by atomic mass is 9.87. The third kappa shape index (κ3) is 6.78. The fourth-order valence-electron chi connectivity index (χ4n) is 6.23. The highest BCUT2D eigenvalue weighted by molar-refractivity contribution is 5.96. The molecule has 2 saturated carbocycles. The summed E-state index contributed by atoms with van der Waals surface area (Å²) in [6.45, 7) is 3.30. The molecule has 0 bridgehead atoms. The molecular formula is C31H38F2N8O2. The molecule has 43 heavy (non-hydrogen) atoms. The molecule has 3 aromatic rings. The number of benzene rings is 1. The Labute approximate surface area is 249 Å². The third-order valence-electron chi connectivity index (χ3n) is 8.99. The Morgan fingerprint density at radius 2 is 1.81 bits per heavy atom. The van der Waals surface area contributed by atoms with Gasteiger partial charge in [-0.25, -0.2) is 18.7 Å². The number of nitrogens with two attached hydrogens (primary N) is 1. The Morgan fingerprint density at radius 1 is 1.07 bits per heavy atom. The van der Waals surface area contributed by atoms with E-state index in [9.17, 15) is 18.4 Å². The van der Waals surface area contributed by atoms with Crippen LogP contribution in [0.5, 0.6) is 0 Å². The van der Waals surface area contributed by atoms with Crippen LogP contribution in [0.2, 0.25) is 0 Å². The number of amides is 2. The van der Waals surface area contributed by atoms with Crippen LogP contribution in [0.4, 0.5) is 26.1 Å². The Balaban J connectivity index is 1.13. The fraction of sp³-hybridized carbons (Fsp3) is 0.516. The molecule has 228 valence electrons. The molecule has 2 aromatic heterocycles. The van der Waals surface area contributed by atoms with Crippen LogP contribution in [0.1, 0.15) is 90.6 Å². The largest absolute Gasteiger partial charge is 0.364 e. The molecule has 0 radical (unpaired) electrons. The molecule has 1 aliphatic heterocycles. The summed E-state index contributed by atoms with van der Waals surface area (Å²) < 4.78 is 28.8. The second-order valence-corrected chi connectivity index (χ2v) is 12.2. The quantitative estimate of drug-likeness (QED) is 0.319. The van der Waals surface area contributed by atoms with Crippen LogP contribution in [-0.2, 0) is 6.54 Å². The average molecular weight is 593 g/mol. The number of hydrogen-bond acceptors (Lipinski definition) is 7. The van der Waals surface area contributed by atoms with E-state index in [0.29, 0.717) is 48.9 Å². The molecule has 3 heterocycles. The molecule has 1 aromatic carbocycles. The number of hydrogen-bond donors (Lipinski definition) is 3. The first kappa shape index (κ1) is 29.0. The van der Waals surface area contributed by atoms with Crippen molar-refractivity contribution in [3.8, 4) is 0 Å². The molecule has 12 heteroatoms. The van der Waals surface area contributed by atoms with Crippen LogP contribution in [0.25, 0.3) is 0 Å². The molecule has 0 spiro atoms. The number of carbonyl (C=O) groups excluding carboxylic acids is 2. The molecule has 6 rings (SSSR count). The molecule has 2 amide bonds. The number of piperidine rings is 1. The van der Waals surface area contributed by atoms with Crippen molar-refractivity contribution in [3.05, 3.63) is 59.7 Å². The number of alkyl halides is 2. The van der Waals surface area contributed by atoms with Crippen molar-refractivity contribution in [1.29, 1.82) is 0 Å². The van der Waals surface area contributed by atoms with Crippen molar-refractivity contribution in [2.24, 2.45) is 11.7 Å². The van der Waals surface area contributed by atoms with Crippen molar-refractivity contribution in [2.45, 2.75) is 88.8 Å². The van der Waals surface area contributed by atoms with E-state index in [1.54, 1.807) is 17.1 Å². The summed E-state index contributed by atoms with van der Waals surface area (Å²) in [5.41, 5.74) is 8.13. The van der Waals surface area contributed by atoms with Gasteiger partial charge >= 0.3 is 0 Å². The van der Waals surface area contributed by atoms with Crippen molar-refractivity contribution in [1.82, 2.24) is 25.1 Å². The van der Waals surface area contributed by atoms with Gasteiger partial charge in [0.25, 0.3) is 11.8 Å². The Bertz CT molecular complexity index is 1460. The lowest BCUT2D eigenvalue weighted by Gasteiger charge is -2.40. The normalized spacial score (nSPS) is 22.3. The SMILES string of the molecule is C[C@@H]1[C@H](NC(=O)c2ccc(C3CC3)cc2)CCCN1c1cnc(C(N)=O)c(Nc2cnn(CC3CCC(F)(F)CC3)c2)n1. The number of nitrogens with zero attached hydrogens (tertiary/aromatic N) is 5. The van der Waals surface area contributed by atoms with E-state index in [0.717, 1.165) is 12.8 Å². The highest BCUT2D eigenvalue weighted by Crippen LogP contribution is 2.40. The van der Waals surface area contributed by atoms with Crippen molar-refractivity contribution >= 4 is 29.1 Å². The van der Waals surface area contributed by atoms with Crippen molar-refractivity contribution in [3.63, 3.8) is 0 Å². The summed E-state index contributed by atoms with van der Waals surface area (Å²) in [7, 11) is 0. The predicted octanol–water partition coefficient (Wildman–Crippen LogP) is 5.01. The highest BCUT2D eigenvalue weighted by atomic mass is 19.3. The van der Waals surface area contributed by atoms with Gasteiger partial charge in [-0.15, -0.1) is 0 Å². The van der Waals surface area contributed by atoms with E-state index in [-0.39, 0.29) is 48.3 Å². The molecule has 10 nitrogen and oxygen atoms in total. The molecule has 4 N–H and O–H groups in total. The molecule has 2 aliphatic carbocycles. The molecule has 3 fully saturated rings. The van der Waals surface area contributed by atoms with Crippen LogP contribution >= 0.6 is 0 Å². The van der Waals surface area contributed by atoms with E-state index in [1.807, 2.05) is 19.1 Å². The maximum Gasteiger partial charge on any atom is 0.271 e. The minimum absolute atomic E-state index is 0.00447. The number of anilines is 3. The summed E-state index contributed by atoms with van der Waals surface area (Å²) in [5.74, 6) is -1.85. The molecular weight excluding hydrogens is 554 g/mol. The van der Waals surface area contributed by atoms with Crippen LogP contribution in [-0.4, -0.2) is 56.1 Å². The van der Waals surface area contributed by atoms with Gasteiger partial charge in [0.05, 0.1) is 18.1 Å². The van der Waals surface area contributed by atoms with Gasteiger partial charge in [-0.05, 0) is 75.0 Å². The van der Waals surface area contributed by atoms with Gasteiger partial charge in [-0.2, -0.15) is 5.10 Å². The summed E-state index contributed by atoms with van der Waals surface area (Å²) in [4.78, 5) is 36.4. The van der Waals surface area contributed by atoms with Crippen LogP contribution in [0, 0.1) is 5.92 Å². The second kappa shape index (κ2) is 11.9. The second-order valence-electron chi connectivity index (χ2n) is 12.2. The first-order valence-electron chi connectivity index (χ1n) is 15.2. The van der Waals surface area contributed by atoms with Gasteiger partial charge in [0.1, 0.15) is 5.82 Å². The van der Waals surface area contributed by atoms with E-state index in [4.69, 9.17) is 10.7 Å². The summed E-state index contributed by atoms with van der Waals surface area (Å²) in [5, 5.41) is 10.7. The van der Waals surface area contributed by atoms with Gasteiger partial charge in [0, 0.05) is 49.8 Å². The maximum atomic E-state index is 13.5. The Hall–Kier alpha value is -4.09. The highest BCUT2D eigenvalue weighted by Gasteiger charge is 2.35. The number of halogens is 2. The number of rotatable bonds is 9. The monoisotopic (exact) mass is 592 g/mol. The lowest BCUT2D eigenvalue weighted by molar-refractivity contribution is -0.0476. The smallest absolute Gasteiger partial charge is 0.271 e. The maximum absolute atomic E-state index is 13.5. The van der Waals surface area contributed by atoms with E-state index < -0.39 is 11.8 Å². The lowest BCUT2D eigenvalue weighted by Crippen LogP contribution is -2.54. The van der Waals surface area contributed by atoms with Crippen molar-refractivity contribution in [2.75, 3.05) is 16.8 Å². The Kier molecular flexibility index (Phi) is 8.02. The molecule has 0 unspecified atom stereocenters. The van der Waals surface area contributed by atoms with E-state index in [2.05, 4.69) is 37.7 Å². The third-order valence-corrected chi connectivity index (χ3v) is 8.99. The van der Waals surface area contributed by atoms with E-state index in [1.165, 1.54) is 24.6 Å². The fourth-order valence-corrected chi connectivity index (χ4v) is 6.23. The van der Waals surface area contributed by atoms with Crippen LogP contribution < -0.4 is 21.3 Å². The molecule has 1 saturated heterocycles. The minimum atomic E-state index is -2.57. The first-order valence-corrected chi connectivity index (χ1v) is 15.2. The minimum Gasteiger partial charge on any atom is -0.364 e. The summed E-state index contributed by atoms with van der Waals surface area (Å²) >= 11 is 0. The van der Waals surface area contributed by atoms with Gasteiger partial charge in [0.2, 0.25) is 5.92 Å². The van der Waals surface area contributed by atoms with Crippen LogP contribution in [0.3, 0.4) is 0 Å². The zero-order valence-corrected chi connectivity index (χ0v) is 24.3. The van der Waals surface area contributed by atoms with E-state index >= 15 is 0 Å². The number of nitrogens with one attached hydrogen (secondary N) is 2. The first-order chi connectivity index (χ1) is 20.6. The predicted molar refractivity (Wildman–Crippen MR) is 159 cm³/mol. The molecule has 2 atom stereocenters. The van der Waals surface area contributed by atoms with Crippen molar-refractivity contribution < 1.29 is 18.4 Å². The topological polar surface area (TPSA) is 131 Å². The summed E-state index contributed by atoms with van der Waals surface area (Å²) in [6.07, 6.45) is 9.73. The molecule has 3 aliphatic rings. The summed E-state index contributed by atoms with van der Waals surface area (Å²) in [6, 6.07) is 7.72. The van der Waals surface area contributed by atoms with Crippen LogP contribution in [0.15, 0.2) is 42.9 Å². The average Bonchev–Trinajstić information content (AvgIpc) is 3.75. The van der Waals surface area contributed by atoms with Gasteiger partial charge in [-0.3, -0.25) is 14.3 Å². The number of aromatic nitrogens is 4. The number of carbonyl (C=O) groups is 2. The Morgan fingerprint density at radius 3 is 2.51 bits per heavy atom. The van der Waals surface area contributed by atoms with Gasteiger partial charge in [-0.1, -0.05) is 12.1 Å². The zero-order valence-electron chi connectivity index (χ0n) is 24.3.